The van der Waals surface area contributed by atoms with Gasteiger partial charge in [0.15, 0.2) is 5.69 Å². The summed E-state index contributed by atoms with van der Waals surface area (Å²) < 4.78 is 4.57. The van der Waals surface area contributed by atoms with E-state index in [2.05, 4.69) is 9.72 Å². The topological polar surface area (TPSA) is 82.3 Å². The van der Waals surface area contributed by atoms with E-state index in [1.165, 1.54) is 31.5 Å². The van der Waals surface area contributed by atoms with Gasteiger partial charge in [0.25, 0.3) is 5.69 Å². The van der Waals surface area contributed by atoms with Crippen molar-refractivity contribution in [3.8, 4) is 0 Å². The largest absolute Gasteiger partial charge is 0.464 e. The molecule has 0 aliphatic carbocycles. The molecule has 0 bridgehead atoms. The van der Waals surface area contributed by atoms with Crippen LogP contribution in [0, 0.1) is 10.1 Å². The zero-order valence-electron chi connectivity index (χ0n) is 9.21. The number of benzene rings is 1. The zero-order valence-corrected chi connectivity index (χ0v) is 9.97. The molecule has 0 fully saturated rings. The minimum Gasteiger partial charge on any atom is -0.464 e. The summed E-state index contributed by atoms with van der Waals surface area (Å²) in [5.41, 5.74) is -0.225. The minimum atomic E-state index is -0.655. The lowest BCUT2D eigenvalue weighted by Gasteiger charge is -2.05. The number of nitrogens with zero attached hydrogens (tertiary/aromatic N) is 2. The fourth-order valence-corrected chi connectivity index (χ4v) is 1.89. The average molecular weight is 267 g/mol. The first kappa shape index (κ1) is 12.3. The van der Waals surface area contributed by atoms with Crippen molar-refractivity contribution >= 4 is 34.0 Å². The van der Waals surface area contributed by atoms with E-state index < -0.39 is 10.9 Å². The van der Waals surface area contributed by atoms with Crippen LogP contribution in [0.2, 0.25) is 5.02 Å². The maximum absolute atomic E-state index is 11.5. The Hall–Kier alpha value is -2.21. The molecular formula is C11H7ClN2O4. The summed E-state index contributed by atoms with van der Waals surface area (Å²) in [6.07, 6.45) is 1.30. The summed E-state index contributed by atoms with van der Waals surface area (Å²) in [4.78, 5) is 25.8. The second kappa shape index (κ2) is 4.58. The maximum atomic E-state index is 11.5. The summed E-state index contributed by atoms with van der Waals surface area (Å²) in [5.74, 6) is -0.655. The van der Waals surface area contributed by atoms with Gasteiger partial charge in [0.1, 0.15) is 5.02 Å². The summed E-state index contributed by atoms with van der Waals surface area (Å²) in [6, 6.07) is 4.30. The average Bonchev–Trinajstić information content (AvgIpc) is 2.36. The van der Waals surface area contributed by atoms with Gasteiger partial charge in [0.05, 0.1) is 17.4 Å². The number of carbonyl (C=O) groups excluding carboxylic acids is 1. The second-order valence-electron chi connectivity index (χ2n) is 3.40. The number of fused-ring (bicyclic) bond motifs is 1. The number of aromatic nitrogens is 1. The van der Waals surface area contributed by atoms with Gasteiger partial charge in [-0.25, -0.2) is 9.78 Å². The van der Waals surface area contributed by atoms with Crippen LogP contribution < -0.4 is 0 Å². The molecule has 1 heterocycles. The van der Waals surface area contributed by atoms with Crippen LogP contribution in [0.25, 0.3) is 10.8 Å². The highest BCUT2D eigenvalue weighted by Gasteiger charge is 2.21. The number of nitro benzene ring substituents is 1. The number of ether oxygens (including phenoxy) is 1. The van der Waals surface area contributed by atoms with E-state index in [4.69, 9.17) is 11.6 Å². The predicted molar refractivity (Wildman–Crippen MR) is 64.7 cm³/mol. The molecule has 1 aromatic heterocycles. The third-order valence-electron chi connectivity index (χ3n) is 2.43. The van der Waals surface area contributed by atoms with Gasteiger partial charge in [-0.05, 0) is 18.2 Å². The Kier molecular flexibility index (Phi) is 3.12. The van der Waals surface area contributed by atoms with Crippen LogP contribution in [0.4, 0.5) is 5.69 Å². The van der Waals surface area contributed by atoms with Crippen molar-refractivity contribution in [3.05, 3.63) is 45.2 Å². The van der Waals surface area contributed by atoms with Gasteiger partial charge in [0.2, 0.25) is 0 Å². The molecule has 2 rings (SSSR count). The van der Waals surface area contributed by atoms with Gasteiger partial charge in [0, 0.05) is 11.6 Å². The van der Waals surface area contributed by atoms with Crippen molar-refractivity contribution in [2.24, 2.45) is 0 Å². The van der Waals surface area contributed by atoms with Crippen LogP contribution in [-0.4, -0.2) is 23.0 Å². The number of methoxy groups -OCH3 is 1. The van der Waals surface area contributed by atoms with Crippen LogP contribution in [0.1, 0.15) is 10.5 Å². The molecule has 0 saturated heterocycles. The molecule has 0 aliphatic rings. The zero-order chi connectivity index (χ0) is 13.3. The third kappa shape index (κ3) is 1.86. The van der Waals surface area contributed by atoms with Gasteiger partial charge in [-0.2, -0.15) is 0 Å². The minimum absolute atomic E-state index is 0.00881. The number of esters is 1. The number of hydrogen-bond donors (Lipinski definition) is 0. The van der Waals surface area contributed by atoms with Crippen LogP contribution >= 0.6 is 11.6 Å². The van der Waals surface area contributed by atoms with Crippen LogP contribution in [-0.2, 0) is 4.74 Å². The second-order valence-corrected chi connectivity index (χ2v) is 3.81. The molecular weight excluding hydrogens is 260 g/mol. The first-order valence-corrected chi connectivity index (χ1v) is 5.24. The molecule has 18 heavy (non-hydrogen) atoms. The van der Waals surface area contributed by atoms with E-state index in [1.54, 1.807) is 0 Å². The summed E-state index contributed by atoms with van der Waals surface area (Å²) >= 11 is 5.79. The van der Waals surface area contributed by atoms with E-state index >= 15 is 0 Å². The molecule has 0 atom stereocenters. The Morgan fingerprint density at radius 1 is 1.39 bits per heavy atom. The SMILES string of the molecule is COC(=O)c1nccc2c([N+](=O)[O-])c(Cl)ccc12. The molecule has 1 aromatic carbocycles. The van der Waals surface area contributed by atoms with Crippen LogP contribution in [0.15, 0.2) is 24.4 Å². The molecule has 0 amide bonds. The van der Waals surface area contributed by atoms with Crippen molar-refractivity contribution in [1.29, 1.82) is 0 Å². The first-order valence-electron chi connectivity index (χ1n) is 4.86. The van der Waals surface area contributed by atoms with Crippen molar-refractivity contribution in [2.45, 2.75) is 0 Å². The molecule has 7 heteroatoms. The molecule has 6 nitrogen and oxygen atoms in total. The molecule has 0 unspecified atom stereocenters. The van der Waals surface area contributed by atoms with E-state index in [9.17, 15) is 14.9 Å². The summed E-state index contributed by atoms with van der Waals surface area (Å²) in [6.45, 7) is 0. The van der Waals surface area contributed by atoms with Gasteiger partial charge in [-0.3, -0.25) is 10.1 Å². The van der Waals surface area contributed by atoms with Crippen LogP contribution in [0.5, 0.6) is 0 Å². The molecule has 0 aliphatic heterocycles. The van der Waals surface area contributed by atoms with Crippen molar-refractivity contribution in [2.75, 3.05) is 7.11 Å². The molecule has 92 valence electrons. The lowest BCUT2D eigenvalue weighted by atomic mass is 10.1. The summed E-state index contributed by atoms with van der Waals surface area (Å²) in [5, 5.41) is 11.6. The Balaban J connectivity index is 2.85. The smallest absolute Gasteiger partial charge is 0.357 e. The monoisotopic (exact) mass is 266 g/mol. The lowest BCUT2D eigenvalue weighted by molar-refractivity contribution is -0.382. The number of rotatable bonds is 2. The fraction of sp³-hybridized carbons (Fsp3) is 0.0909. The number of nitro groups is 1. The predicted octanol–water partition coefficient (Wildman–Crippen LogP) is 2.58. The van der Waals surface area contributed by atoms with Gasteiger partial charge in [-0.15, -0.1) is 0 Å². The molecule has 2 aromatic rings. The van der Waals surface area contributed by atoms with Crippen molar-refractivity contribution in [3.63, 3.8) is 0 Å². The highest BCUT2D eigenvalue weighted by molar-refractivity contribution is 6.34. The van der Waals surface area contributed by atoms with E-state index in [0.717, 1.165) is 0 Å². The molecule has 0 radical (unpaired) electrons. The van der Waals surface area contributed by atoms with Crippen LogP contribution in [0.3, 0.4) is 0 Å². The summed E-state index contributed by atoms with van der Waals surface area (Å²) in [7, 11) is 1.22. The van der Waals surface area contributed by atoms with Gasteiger partial charge < -0.3 is 4.74 Å². The van der Waals surface area contributed by atoms with Crippen molar-refractivity contribution in [1.82, 2.24) is 4.98 Å². The normalized spacial score (nSPS) is 10.3. The Morgan fingerprint density at radius 2 is 2.11 bits per heavy atom. The number of pyridine rings is 1. The quantitative estimate of drug-likeness (QED) is 0.474. The third-order valence-corrected chi connectivity index (χ3v) is 2.73. The number of halogens is 1. The Morgan fingerprint density at radius 3 is 2.72 bits per heavy atom. The highest BCUT2D eigenvalue weighted by atomic mass is 35.5. The van der Waals surface area contributed by atoms with Gasteiger partial charge >= 0.3 is 5.97 Å². The standard InChI is InChI=1S/C11H7ClN2O4/c1-18-11(15)9-6-2-3-8(12)10(14(16)17)7(6)4-5-13-9/h2-5H,1H3. The van der Waals surface area contributed by atoms with Gasteiger partial charge in [-0.1, -0.05) is 11.6 Å². The van der Waals surface area contributed by atoms with E-state index in [0.29, 0.717) is 5.39 Å². The highest BCUT2D eigenvalue weighted by Crippen LogP contribution is 2.33. The van der Waals surface area contributed by atoms with Crippen molar-refractivity contribution < 1.29 is 14.5 Å². The lowest BCUT2D eigenvalue weighted by Crippen LogP contribution is -2.05. The Labute approximate surface area is 106 Å². The molecule has 0 spiro atoms. The van der Waals surface area contributed by atoms with E-state index in [-0.39, 0.29) is 21.8 Å². The molecule has 0 saturated carbocycles. The Bertz CT molecular complexity index is 657. The first-order chi connectivity index (χ1) is 8.56. The molecule has 0 N–H and O–H groups in total. The van der Waals surface area contributed by atoms with E-state index in [1.807, 2.05) is 0 Å². The maximum Gasteiger partial charge on any atom is 0.357 e. The fourth-order valence-electron chi connectivity index (χ4n) is 1.66. The number of carbonyl (C=O) groups is 1. The number of hydrogen-bond acceptors (Lipinski definition) is 5.